The summed E-state index contributed by atoms with van der Waals surface area (Å²) in [6, 6.07) is 86.7. The lowest BCUT2D eigenvalue weighted by Crippen LogP contribution is -2.36. The fourth-order valence-corrected chi connectivity index (χ4v) is 12.2. The van der Waals surface area contributed by atoms with Gasteiger partial charge in [0, 0.05) is 33.8 Å². The number of rotatable bonds is 4. The van der Waals surface area contributed by atoms with Crippen LogP contribution < -0.4 is 4.90 Å². The summed E-state index contributed by atoms with van der Waals surface area (Å²) in [5.41, 5.74) is 19.3. The Balaban J connectivity index is 0.888. The highest BCUT2D eigenvalue weighted by Gasteiger charge is 2.51. The number of anilines is 3. The van der Waals surface area contributed by atoms with Gasteiger partial charge in [-0.3, -0.25) is 4.98 Å². The van der Waals surface area contributed by atoms with Crippen molar-refractivity contribution in [2.24, 2.45) is 0 Å². The molecule has 2 aromatic heterocycles. The molecule has 0 saturated heterocycles. The molecule has 0 amide bonds. The van der Waals surface area contributed by atoms with Crippen LogP contribution in [0.2, 0.25) is 0 Å². The predicted octanol–water partition coefficient (Wildman–Crippen LogP) is 17.6. The third kappa shape index (κ3) is 5.36. The zero-order valence-electron chi connectivity index (χ0n) is 37.4. The smallest absolute Gasteiger partial charge is 0.136 e. The zero-order chi connectivity index (χ0) is 45.2. The topological polar surface area (TPSA) is 29.3 Å². The molecule has 11 aromatic carbocycles. The lowest BCUT2D eigenvalue weighted by atomic mass is 9.64. The van der Waals surface area contributed by atoms with E-state index in [2.05, 4.69) is 248 Å². The van der Waals surface area contributed by atoms with Crippen LogP contribution in [0.1, 0.15) is 22.3 Å². The van der Waals surface area contributed by atoms with Crippen molar-refractivity contribution >= 4 is 71.3 Å². The molecule has 0 N–H and O–H groups in total. The summed E-state index contributed by atoms with van der Waals surface area (Å²) in [6.07, 6.45) is 2.05. The van der Waals surface area contributed by atoms with E-state index in [1.165, 1.54) is 93.8 Å². The van der Waals surface area contributed by atoms with Crippen molar-refractivity contribution in [3.8, 4) is 44.6 Å². The summed E-state index contributed by atoms with van der Waals surface area (Å²) < 4.78 is 6.34. The van der Waals surface area contributed by atoms with E-state index in [1.807, 2.05) is 0 Å². The number of hydrogen-bond donors (Lipinski definition) is 0. The van der Waals surface area contributed by atoms with Crippen LogP contribution in [-0.2, 0) is 5.41 Å². The maximum atomic E-state index is 6.34. The third-order valence-electron chi connectivity index (χ3n) is 15.1. The molecule has 15 rings (SSSR count). The molecule has 0 saturated carbocycles. The maximum absolute atomic E-state index is 6.34. The highest BCUT2D eigenvalue weighted by molar-refractivity contribution is 6.22. The average molecular weight is 877 g/mol. The zero-order valence-corrected chi connectivity index (χ0v) is 37.4. The van der Waals surface area contributed by atoms with Gasteiger partial charge in [0.2, 0.25) is 0 Å². The van der Waals surface area contributed by atoms with Crippen molar-refractivity contribution < 1.29 is 4.42 Å². The van der Waals surface area contributed by atoms with E-state index in [4.69, 9.17) is 9.40 Å². The largest absolute Gasteiger partial charge is 0.456 e. The summed E-state index contributed by atoms with van der Waals surface area (Å²) in [5.74, 6) is 0. The number of aromatic nitrogens is 1. The molecule has 0 radical (unpaired) electrons. The SMILES string of the molecule is c1ccc(N2c3ccccc3C3(c4ccccc4-c4cc(-c5c6ccccc6c(-c6ccc(-c7ccc8oc9cc%10ccccc%10cc9c8c7)nc6)c6ccccc56)ccc43)c3ccccc32)cc1. The Kier molecular flexibility index (Phi) is 7.99. The van der Waals surface area contributed by atoms with E-state index < -0.39 is 5.41 Å². The van der Waals surface area contributed by atoms with Crippen LogP contribution in [0.4, 0.5) is 17.1 Å². The first kappa shape index (κ1) is 38.1. The number of benzene rings is 11. The van der Waals surface area contributed by atoms with E-state index in [9.17, 15) is 0 Å². The highest BCUT2D eigenvalue weighted by Crippen LogP contribution is 2.64. The van der Waals surface area contributed by atoms with Gasteiger partial charge in [-0.25, -0.2) is 0 Å². The van der Waals surface area contributed by atoms with Crippen LogP contribution in [0.25, 0.3) is 98.9 Å². The molecule has 1 aliphatic carbocycles. The first-order valence-electron chi connectivity index (χ1n) is 23.8. The Morgan fingerprint density at radius 1 is 0.348 bits per heavy atom. The molecular formula is C66H40N2O. The summed E-state index contributed by atoms with van der Waals surface area (Å²) in [7, 11) is 0. The standard InChI is InChI=1S/C66H40N2O/c1-2-18-46(19-3-1)68-60-28-14-12-26-57(60)66(58-27-13-15-29-61(58)68)55-25-11-10-20-47(55)52-38-44(30-33-56(52)66)64-48-21-6-8-23-50(48)65(51-24-9-7-22-49(51)64)45-31-34-59(67-40-45)43-32-35-62-53(37-43)54-36-41-16-4-5-17-42(41)39-63(54)69-62/h1-40H. The Hall–Kier alpha value is -9.05. The second-order valence-corrected chi connectivity index (χ2v) is 18.5. The van der Waals surface area contributed by atoms with E-state index in [1.54, 1.807) is 0 Å². The van der Waals surface area contributed by atoms with Gasteiger partial charge in [-0.15, -0.1) is 0 Å². The monoisotopic (exact) mass is 876 g/mol. The van der Waals surface area contributed by atoms with E-state index >= 15 is 0 Å². The van der Waals surface area contributed by atoms with Gasteiger partial charge in [-0.2, -0.15) is 0 Å². The summed E-state index contributed by atoms with van der Waals surface area (Å²) in [4.78, 5) is 7.60. The number of nitrogens with zero attached hydrogens (tertiary/aromatic N) is 2. The third-order valence-corrected chi connectivity index (χ3v) is 15.1. The lowest BCUT2D eigenvalue weighted by molar-refractivity contribution is 0.669. The highest BCUT2D eigenvalue weighted by atomic mass is 16.3. The molecule has 3 heteroatoms. The lowest BCUT2D eigenvalue weighted by Gasteiger charge is -2.45. The minimum atomic E-state index is -0.511. The van der Waals surface area contributed by atoms with Crippen molar-refractivity contribution in [1.82, 2.24) is 4.98 Å². The van der Waals surface area contributed by atoms with Gasteiger partial charge in [-0.1, -0.05) is 170 Å². The number of fused-ring (bicyclic) bond motifs is 15. The van der Waals surface area contributed by atoms with Crippen molar-refractivity contribution in [3.63, 3.8) is 0 Å². The molecule has 0 atom stereocenters. The minimum Gasteiger partial charge on any atom is -0.456 e. The molecule has 1 spiro atoms. The van der Waals surface area contributed by atoms with Gasteiger partial charge in [0.05, 0.1) is 22.5 Å². The second kappa shape index (κ2) is 14.5. The average Bonchev–Trinajstić information content (AvgIpc) is 3.92. The van der Waals surface area contributed by atoms with Gasteiger partial charge in [-0.05, 0) is 149 Å². The predicted molar refractivity (Wildman–Crippen MR) is 286 cm³/mol. The minimum absolute atomic E-state index is 0.511. The van der Waals surface area contributed by atoms with E-state index in [-0.39, 0.29) is 0 Å². The molecule has 13 aromatic rings. The van der Waals surface area contributed by atoms with E-state index in [0.717, 1.165) is 44.4 Å². The molecule has 320 valence electrons. The van der Waals surface area contributed by atoms with Crippen LogP contribution in [-0.4, -0.2) is 4.98 Å². The van der Waals surface area contributed by atoms with Crippen molar-refractivity contribution in [1.29, 1.82) is 0 Å². The fourth-order valence-electron chi connectivity index (χ4n) is 12.2. The molecule has 3 nitrogen and oxygen atoms in total. The number of furan rings is 1. The van der Waals surface area contributed by atoms with Crippen molar-refractivity contribution in [2.75, 3.05) is 4.90 Å². The van der Waals surface area contributed by atoms with E-state index in [0.29, 0.717) is 0 Å². The van der Waals surface area contributed by atoms with Crippen molar-refractivity contribution in [2.45, 2.75) is 5.41 Å². The Morgan fingerprint density at radius 3 is 1.57 bits per heavy atom. The fraction of sp³-hybridized carbons (Fsp3) is 0.0152. The quantitative estimate of drug-likeness (QED) is 0.165. The van der Waals surface area contributed by atoms with Crippen LogP contribution in [0, 0.1) is 0 Å². The Bertz CT molecular complexity index is 4160. The van der Waals surface area contributed by atoms with Crippen LogP contribution in [0.3, 0.4) is 0 Å². The number of hydrogen-bond acceptors (Lipinski definition) is 3. The van der Waals surface area contributed by atoms with Crippen molar-refractivity contribution in [3.05, 3.63) is 265 Å². The van der Waals surface area contributed by atoms with Gasteiger partial charge in [0.25, 0.3) is 0 Å². The Morgan fingerprint density at radius 2 is 0.884 bits per heavy atom. The first-order valence-corrected chi connectivity index (χ1v) is 23.8. The van der Waals surface area contributed by atoms with Crippen LogP contribution in [0.5, 0.6) is 0 Å². The molecule has 0 unspecified atom stereocenters. The number of para-hydroxylation sites is 3. The normalized spacial score (nSPS) is 13.3. The maximum Gasteiger partial charge on any atom is 0.136 e. The van der Waals surface area contributed by atoms with Gasteiger partial charge in [0.1, 0.15) is 11.2 Å². The Labute approximate surface area is 398 Å². The van der Waals surface area contributed by atoms with Crippen LogP contribution in [0.15, 0.2) is 247 Å². The molecule has 0 fully saturated rings. The molecule has 0 bridgehead atoms. The molecule has 1 aliphatic heterocycles. The summed E-state index contributed by atoms with van der Waals surface area (Å²) in [5, 5.41) is 9.43. The summed E-state index contributed by atoms with van der Waals surface area (Å²) >= 11 is 0. The summed E-state index contributed by atoms with van der Waals surface area (Å²) in [6.45, 7) is 0. The molecule has 2 aliphatic rings. The first-order chi connectivity index (χ1) is 34.2. The van der Waals surface area contributed by atoms with Gasteiger partial charge >= 0.3 is 0 Å². The van der Waals surface area contributed by atoms with Crippen LogP contribution >= 0.6 is 0 Å². The molecule has 3 heterocycles. The second-order valence-electron chi connectivity index (χ2n) is 18.5. The van der Waals surface area contributed by atoms with Gasteiger partial charge in [0.15, 0.2) is 0 Å². The molecule has 69 heavy (non-hydrogen) atoms. The van der Waals surface area contributed by atoms with Gasteiger partial charge < -0.3 is 9.32 Å². The molecular weight excluding hydrogens is 837 g/mol. The number of pyridine rings is 1.